The minimum atomic E-state index is -0.429. The monoisotopic (exact) mass is 357 g/mol. The summed E-state index contributed by atoms with van der Waals surface area (Å²) in [5.74, 6) is 0.416. The zero-order valence-corrected chi connectivity index (χ0v) is 16.3. The van der Waals surface area contributed by atoms with Gasteiger partial charge in [-0.2, -0.15) is 0 Å². The maximum Gasteiger partial charge on any atom is 0.236 e. The van der Waals surface area contributed by atoms with Crippen molar-refractivity contribution in [3.8, 4) is 0 Å². The molecule has 0 aromatic heterocycles. The van der Waals surface area contributed by atoms with Gasteiger partial charge in [-0.25, -0.2) is 0 Å². The zero-order chi connectivity index (χ0) is 18.7. The standard InChI is InChI=1S/C21H31N3O2/c1-17(25)21(18-7-5-4-6-8-18)10-13-24(14-11-21)20(26)16-23-12-9-19(15-23)22(2)3/h4-8,19H,9-16H2,1-3H3/t19-/m1/s1. The van der Waals surface area contributed by atoms with Gasteiger partial charge in [0, 0.05) is 32.2 Å². The average Bonchev–Trinajstić information content (AvgIpc) is 3.11. The van der Waals surface area contributed by atoms with E-state index in [-0.39, 0.29) is 11.7 Å². The first-order chi connectivity index (χ1) is 12.4. The van der Waals surface area contributed by atoms with Crippen LogP contribution in [0.2, 0.25) is 0 Å². The number of rotatable bonds is 5. The van der Waals surface area contributed by atoms with Crippen LogP contribution in [0, 0.1) is 0 Å². The van der Waals surface area contributed by atoms with Crippen LogP contribution in [-0.2, 0) is 15.0 Å². The smallest absolute Gasteiger partial charge is 0.236 e. The van der Waals surface area contributed by atoms with E-state index in [1.807, 2.05) is 35.2 Å². The summed E-state index contributed by atoms with van der Waals surface area (Å²) in [4.78, 5) is 31.6. The minimum absolute atomic E-state index is 0.203. The van der Waals surface area contributed by atoms with Gasteiger partial charge in [0.2, 0.25) is 5.91 Å². The first kappa shape index (κ1) is 19.1. The highest BCUT2D eigenvalue weighted by Gasteiger charge is 2.41. The second kappa shape index (κ2) is 7.89. The number of nitrogens with zero attached hydrogens (tertiary/aromatic N) is 3. The lowest BCUT2D eigenvalue weighted by Crippen LogP contribution is -2.50. The van der Waals surface area contributed by atoms with Crippen molar-refractivity contribution >= 4 is 11.7 Å². The molecule has 1 aromatic carbocycles. The van der Waals surface area contributed by atoms with E-state index in [9.17, 15) is 9.59 Å². The molecule has 2 aliphatic rings. The molecule has 1 atom stereocenters. The van der Waals surface area contributed by atoms with E-state index < -0.39 is 5.41 Å². The number of carbonyl (C=O) groups excluding carboxylic acids is 2. The Balaban J connectivity index is 1.59. The van der Waals surface area contributed by atoms with Crippen LogP contribution in [0.1, 0.15) is 31.7 Å². The van der Waals surface area contributed by atoms with Crippen LogP contribution in [0.5, 0.6) is 0 Å². The van der Waals surface area contributed by atoms with Crippen molar-refractivity contribution in [1.29, 1.82) is 0 Å². The normalized spacial score (nSPS) is 23.4. The van der Waals surface area contributed by atoms with Gasteiger partial charge >= 0.3 is 0 Å². The fourth-order valence-electron chi connectivity index (χ4n) is 4.41. The highest BCUT2D eigenvalue weighted by molar-refractivity contribution is 5.88. The molecule has 2 aliphatic heterocycles. The molecular formula is C21H31N3O2. The van der Waals surface area contributed by atoms with E-state index in [0.29, 0.717) is 25.7 Å². The van der Waals surface area contributed by atoms with Crippen molar-refractivity contribution in [2.24, 2.45) is 0 Å². The predicted molar refractivity (Wildman–Crippen MR) is 103 cm³/mol. The van der Waals surface area contributed by atoms with Crippen LogP contribution in [0.4, 0.5) is 0 Å². The fraction of sp³-hybridized carbons (Fsp3) is 0.619. The Morgan fingerprint density at radius 2 is 1.77 bits per heavy atom. The van der Waals surface area contributed by atoms with Crippen molar-refractivity contribution in [2.75, 3.05) is 46.8 Å². The van der Waals surface area contributed by atoms with Crippen molar-refractivity contribution in [3.05, 3.63) is 35.9 Å². The van der Waals surface area contributed by atoms with E-state index in [4.69, 9.17) is 0 Å². The summed E-state index contributed by atoms with van der Waals surface area (Å²) >= 11 is 0. The molecule has 0 bridgehead atoms. The number of Topliss-reactive ketones (excluding diaryl/α,β-unsaturated/α-hetero) is 1. The maximum atomic E-state index is 12.7. The lowest BCUT2D eigenvalue weighted by atomic mass is 9.70. The van der Waals surface area contributed by atoms with Crippen molar-refractivity contribution < 1.29 is 9.59 Å². The maximum absolute atomic E-state index is 12.7. The summed E-state index contributed by atoms with van der Waals surface area (Å²) in [6, 6.07) is 10.6. The van der Waals surface area contributed by atoms with E-state index in [2.05, 4.69) is 23.9 Å². The van der Waals surface area contributed by atoms with Crippen molar-refractivity contribution in [1.82, 2.24) is 14.7 Å². The number of piperidine rings is 1. The van der Waals surface area contributed by atoms with Crippen LogP contribution in [0.15, 0.2) is 30.3 Å². The van der Waals surface area contributed by atoms with Crippen molar-refractivity contribution in [3.63, 3.8) is 0 Å². The SMILES string of the molecule is CC(=O)C1(c2ccccc2)CCN(C(=O)CN2CC[C@@H](N(C)C)C2)CC1. The zero-order valence-electron chi connectivity index (χ0n) is 16.3. The number of likely N-dealkylation sites (tertiary alicyclic amines) is 2. The average molecular weight is 357 g/mol. The number of hydrogen-bond acceptors (Lipinski definition) is 4. The van der Waals surface area contributed by atoms with Crippen LogP contribution >= 0.6 is 0 Å². The molecule has 142 valence electrons. The van der Waals surface area contributed by atoms with Gasteiger partial charge in [0.05, 0.1) is 12.0 Å². The molecule has 0 aliphatic carbocycles. The summed E-state index contributed by atoms with van der Waals surface area (Å²) in [7, 11) is 4.21. The number of amides is 1. The Morgan fingerprint density at radius 3 is 2.31 bits per heavy atom. The predicted octanol–water partition coefficient (Wildman–Crippen LogP) is 1.77. The second-order valence-corrected chi connectivity index (χ2v) is 8.03. The Kier molecular flexibility index (Phi) is 5.78. The van der Waals surface area contributed by atoms with Gasteiger partial charge in [-0.3, -0.25) is 14.5 Å². The molecular weight excluding hydrogens is 326 g/mol. The second-order valence-electron chi connectivity index (χ2n) is 8.03. The topological polar surface area (TPSA) is 43.9 Å². The Hall–Kier alpha value is -1.72. The lowest BCUT2D eigenvalue weighted by Gasteiger charge is -2.41. The number of carbonyl (C=O) groups is 2. The molecule has 2 saturated heterocycles. The summed E-state index contributed by atoms with van der Waals surface area (Å²) in [5, 5.41) is 0. The molecule has 2 fully saturated rings. The first-order valence-electron chi connectivity index (χ1n) is 9.65. The lowest BCUT2D eigenvalue weighted by molar-refractivity contribution is -0.136. The number of ketones is 1. The molecule has 0 saturated carbocycles. The van der Waals surface area contributed by atoms with Gasteiger partial charge in [-0.05, 0) is 45.8 Å². The third kappa shape index (κ3) is 3.84. The van der Waals surface area contributed by atoms with Crippen LogP contribution in [0.25, 0.3) is 0 Å². The van der Waals surface area contributed by atoms with Gasteiger partial charge in [0.1, 0.15) is 5.78 Å². The van der Waals surface area contributed by atoms with Gasteiger partial charge in [0.25, 0.3) is 0 Å². The Morgan fingerprint density at radius 1 is 1.12 bits per heavy atom. The molecule has 0 unspecified atom stereocenters. The third-order valence-corrected chi connectivity index (χ3v) is 6.31. The fourth-order valence-corrected chi connectivity index (χ4v) is 4.41. The van der Waals surface area contributed by atoms with Crippen molar-refractivity contribution in [2.45, 2.75) is 37.6 Å². The minimum Gasteiger partial charge on any atom is -0.341 e. The molecule has 1 amide bonds. The highest BCUT2D eigenvalue weighted by Crippen LogP contribution is 2.36. The summed E-state index contributed by atoms with van der Waals surface area (Å²) in [6.07, 6.45) is 2.57. The van der Waals surface area contributed by atoms with Gasteiger partial charge in [-0.1, -0.05) is 30.3 Å². The quantitative estimate of drug-likeness (QED) is 0.806. The summed E-state index contributed by atoms with van der Waals surface area (Å²) in [6.45, 7) is 5.48. The van der Waals surface area contributed by atoms with Gasteiger partial charge in [-0.15, -0.1) is 0 Å². The van der Waals surface area contributed by atoms with Crippen LogP contribution in [-0.4, -0.2) is 79.3 Å². The molecule has 0 spiro atoms. The number of hydrogen-bond donors (Lipinski definition) is 0. The molecule has 5 heteroatoms. The largest absolute Gasteiger partial charge is 0.341 e. The van der Waals surface area contributed by atoms with Crippen LogP contribution < -0.4 is 0 Å². The Labute approximate surface area is 156 Å². The molecule has 0 N–H and O–H groups in total. The van der Waals surface area contributed by atoms with Gasteiger partial charge in [0.15, 0.2) is 0 Å². The third-order valence-electron chi connectivity index (χ3n) is 6.31. The summed E-state index contributed by atoms with van der Waals surface area (Å²) < 4.78 is 0. The molecule has 0 radical (unpaired) electrons. The molecule has 2 heterocycles. The number of likely N-dealkylation sites (N-methyl/N-ethyl adjacent to an activating group) is 1. The molecule has 1 aromatic rings. The number of benzene rings is 1. The van der Waals surface area contributed by atoms with Gasteiger partial charge < -0.3 is 9.80 Å². The van der Waals surface area contributed by atoms with E-state index in [1.165, 1.54) is 0 Å². The molecule has 3 rings (SSSR count). The van der Waals surface area contributed by atoms with E-state index in [1.54, 1.807) is 6.92 Å². The van der Waals surface area contributed by atoms with E-state index >= 15 is 0 Å². The van der Waals surface area contributed by atoms with E-state index in [0.717, 1.165) is 37.9 Å². The van der Waals surface area contributed by atoms with Crippen LogP contribution in [0.3, 0.4) is 0 Å². The Bertz CT molecular complexity index is 636. The molecule has 26 heavy (non-hydrogen) atoms. The summed E-state index contributed by atoms with van der Waals surface area (Å²) in [5.41, 5.74) is 0.662. The molecule has 5 nitrogen and oxygen atoms in total. The highest BCUT2D eigenvalue weighted by atomic mass is 16.2. The first-order valence-corrected chi connectivity index (χ1v) is 9.65.